The fourth-order valence-electron chi connectivity index (χ4n) is 8.22. The second kappa shape index (κ2) is 13.2. The van der Waals surface area contributed by atoms with E-state index < -0.39 is 0 Å². The van der Waals surface area contributed by atoms with Crippen molar-refractivity contribution in [2.24, 2.45) is 0 Å². The van der Waals surface area contributed by atoms with Crippen molar-refractivity contribution in [2.75, 3.05) is 0 Å². The predicted octanol–water partition coefficient (Wildman–Crippen LogP) is 13.3. The van der Waals surface area contributed by atoms with Crippen molar-refractivity contribution >= 4 is 10.8 Å². The Morgan fingerprint density at radius 2 is 0.745 bits per heavy atom. The first-order valence-corrected chi connectivity index (χ1v) is 18.9. The van der Waals surface area contributed by atoms with Crippen LogP contribution in [-0.2, 0) is 5.41 Å². The summed E-state index contributed by atoms with van der Waals surface area (Å²) in [5.41, 5.74) is 14.9. The van der Waals surface area contributed by atoms with E-state index in [2.05, 4.69) is 178 Å². The Morgan fingerprint density at radius 3 is 1.33 bits per heavy atom. The van der Waals surface area contributed by atoms with E-state index in [1.165, 1.54) is 55.5 Å². The van der Waals surface area contributed by atoms with E-state index in [4.69, 9.17) is 15.0 Å². The minimum absolute atomic E-state index is 0.255. The molecule has 0 atom stereocenters. The Bertz CT molecular complexity index is 2840. The van der Waals surface area contributed by atoms with Crippen LogP contribution >= 0.6 is 0 Å². The number of rotatable bonds is 6. The molecule has 0 saturated carbocycles. The van der Waals surface area contributed by atoms with E-state index in [1.54, 1.807) is 0 Å². The van der Waals surface area contributed by atoms with Gasteiger partial charge in [-0.05, 0) is 78.5 Å². The van der Waals surface area contributed by atoms with Gasteiger partial charge >= 0.3 is 0 Å². The molecule has 3 nitrogen and oxygen atoms in total. The third-order valence-electron chi connectivity index (χ3n) is 11.2. The highest BCUT2D eigenvalue weighted by molar-refractivity contribution is 6.07. The van der Waals surface area contributed by atoms with Gasteiger partial charge in [-0.2, -0.15) is 0 Å². The Morgan fingerprint density at radius 1 is 0.327 bits per heavy atom. The van der Waals surface area contributed by atoms with Crippen LogP contribution in [0.2, 0.25) is 0 Å². The van der Waals surface area contributed by atoms with Gasteiger partial charge in [-0.1, -0.05) is 190 Å². The highest BCUT2D eigenvalue weighted by Crippen LogP contribution is 2.54. The molecule has 1 aliphatic carbocycles. The van der Waals surface area contributed by atoms with E-state index in [0.29, 0.717) is 17.5 Å². The maximum Gasteiger partial charge on any atom is 0.165 e. The lowest BCUT2D eigenvalue weighted by Gasteiger charge is -2.23. The second-order valence-corrected chi connectivity index (χ2v) is 14.8. The van der Waals surface area contributed by atoms with Gasteiger partial charge in [0, 0.05) is 22.1 Å². The topological polar surface area (TPSA) is 38.7 Å². The van der Waals surface area contributed by atoms with Crippen molar-refractivity contribution in [1.82, 2.24) is 15.0 Å². The molecule has 0 bridgehead atoms. The van der Waals surface area contributed by atoms with Crippen LogP contribution in [0.25, 0.3) is 89.4 Å². The summed E-state index contributed by atoms with van der Waals surface area (Å²) < 4.78 is 0. The minimum atomic E-state index is -0.255. The van der Waals surface area contributed by atoms with Crippen LogP contribution in [0.1, 0.15) is 25.0 Å². The molecule has 0 saturated heterocycles. The van der Waals surface area contributed by atoms with Gasteiger partial charge in [-0.3, -0.25) is 0 Å². The molecule has 10 rings (SSSR count). The van der Waals surface area contributed by atoms with Gasteiger partial charge in [0.1, 0.15) is 0 Å². The van der Waals surface area contributed by atoms with E-state index in [0.717, 1.165) is 27.6 Å². The molecule has 8 aromatic carbocycles. The second-order valence-electron chi connectivity index (χ2n) is 14.8. The van der Waals surface area contributed by atoms with E-state index in [9.17, 15) is 0 Å². The van der Waals surface area contributed by atoms with Gasteiger partial charge in [-0.15, -0.1) is 0 Å². The third kappa shape index (κ3) is 5.73. The molecular weight excluding hydrogens is 667 g/mol. The molecule has 260 valence electrons. The molecule has 0 N–H and O–H groups in total. The zero-order chi connectivity index (χ0) is 36.9. The molecule has 0 unspecified atom stereocenters. The molecule has 55 heavy (non-hydrogen) atoms. The number of aromatic nitrogens is 3. The molecule has 1 aliphatic rings. The largest absolute Gasteiger partial charge is 0.208 e. The van der Waals surface area contributed by atoms with Crippen LogP contribution < -0.4 is 0 Å². The SMILES string of the molecule is CC1(C)c2cc(-c3ccc(-c4ccccc4)cc3)ccc2-c2c1cc1ccccc1c2-c1nc(-c2ccccc2)nc(-c2ccc(-c3ccccc3)cc2)n1. The average Bonchev–Trinajstić information content (AvgIpc) is 3.48. The summed E-state index contributed by atoms with van der Waals surface area (Å²) in [6.07, 6.45) is 0. The summed E-state index contributed by atoms with van der Waals surface area (Å²) in [5, 5.41) is 2.30. The van der Waals surface area contributed by atoms with Gasteiger partial charge < -0.3 is 0 Å². The Hall–Kier alpha value is -6.97. The summed E-state index contributed by atoms with van der Waals surface area (Å²) >= 11 is 0. The number of hydrogen-bond acceptors (Lipinski definition) is 3. The fourth-order valence-corrected chi connectivity index (χ4v) is 8.22. The first-order valence-electron chi connectivity index (χ1n) is 18.9. The van der Waals surface area contributed by atoms with E-state index >= 15 is 0 Å². The summed E-state index contributed by atoms with van der Waals surface area (Å²) in [6, 6.07) is 66.7. The van der Waals surface area contributed by atoms with E-state index in [-0.39, 0.29) is 5.41 Å². The number of nitrogens with zero attached hydrogens (tertiary/aromatic N) is 3. The lowest BCUT2D eigenvalue weighted by molar-refractivity contribution is 0.661. The third-order valence-corrected chi connectivity index (χ3v) is 11.2. The average molecular weight is 704 g/mol. The molecule has 0 fully saturated rings. The molecule has 0 spiro atoms. The molecule has 0 amide bonds. The standard InChI is InChI=1S/C52H37N3/c1-52(2)45-32-41(38-24-22-36(23-25-38)34-14-6-3-7-15-34)30-31-44(45)47-46(52)33-42-20-12-13-21-43(42)48(47)51-54-49(39-18-10-5-11-19-39)53-50(55-51)40-28-26-37(27-29-40)35-16-8-4-9-17-35/h3-33H,1-2H3. The Kier molecular flexibility index (Phi) is 7.81. The highest BCUT2D eigenvalue weighted by atomic mass is 15.0. The van der Waals surface area contributed by atoms with Crippen molar-refractivity contribution in [2.45, 2.75) is 19.3 Å². The normalized spacial score (nSPS) is 12.7. The lowest BCUT2D eigenvalue weighted by Crippen LogP contribution is -2.15. The zero-order valence-corrected chi connectivity index (χ0v) is 30.7. The maximum absolute atomic E-state index is 5.33. The van der Waals surface area contributed by atoms with Gasteiger partial charge in [0.15, 0.2) is 17.5 Å². The highest BCUT2D eigenvalue weighted by Gasteiger charge is 2.39. The van der Waals surface area contributed by atoms with Crippen LogP contribution in [0, 0.1) is 0 Å². The van der Waals surface area contributed by atoms with Gasteiger partial charge in [-0.25, -0.2) is 15.0 Å². The molecular formula is C52H37N3. The van der Waals surface area contributed by atoms with Crippen molar-refractivity contribution < 1.29 is 0 Å². The van der Waals surface area contributed by atoms with Gasteiger partial charge in [0.2, 0.25) is 0 Å². The summed E-state index contributed by atoms with van der Waals surface area (Å²) in [7, 11) is 0. The number of hydrogen-bond donors (Lipinski definition) is 0. The molecule has 1 aromatic heterocycles. The molecule has 9 aromatic rings. The maximum atomic E-state index is 5.33. The van der Waals surface area contributed by atoms with Crippen LogP contribution in [-0.4, -0.2) is 15.0 Å². The quantitative estimate of drug-likeness (QED) is 0.173. The van der Waals surface area contributed by atoms with Gasteiger partial charge in [0.05, 0.1) is 0 Å². The van der Waals surface area contributed by atoms with Crippen LogP contribution in [0.3, 0.4) is 0 Å². The Labute approximate surface area is 321 Å². The first-order chi connectivity index (χ1) is 27.0. The summed E-state index contributed by atoms with van der Waals surface area (Å²) in [4.78, 5) is 15.7. The van der Waals surface area contributed by atoms with Crippen LogP contribution in [0.5, 0.6) is 0 Å². The molecule has 0 aliphatic heterocycles. The smallest absolute Gasteiger partial charge is 0.165 e. The lowest BCUT2D eigenvalue weighted by atomic mass is 9.80. The van der Waals surface area contributed by atoms with Gasteiger partial charge in [0.25, 0.3) is 0 Å². The monoisotopic (exact) mass is 703 g/mol. The van der Waals surface area contributed by atoms with Crippen molar-refractivity contribution in [3.63, 3.8) is 0 Å². The summed E-state index contributed by atoms with van der Waals surface area (Å²) in [6.45, 7) is 4.70. The first kappa shape index (κ1) is 32.7. The molecule has 3 heteroatoms. The Balaban J connectivity index is 1.15. The number of benzene rings is 8. The molecule has 0 radical (unpaired) electrons. The fraction of sp³-hybridized carbons (Fsp3) is 0.0577. The van der Waals surface area contributed by atoms with Crippen LogP contribution in [0.4, 0.5) is 0 Å². The zero-order valence-electron chi connectivity index (χ0n) is 30.7. The van der Waals surface area contributed by atoms with Crippen molar-refractivity contribution in [1.29, 1.82) is 0 Å². The van der Waals surface area contributed by atoms with Crippen molar-refractivity contribution in [3.05, 3.63) is 199 Å². The van der Waals surface area contributed by atoms with Crippen LogP contribution in [0.15, 0.2) is 188 Å². The van der Waals surface area contributed by atoms with Crippen molar-refractivity contribution in [3.8, 4) is 78.7 Å². The minimum Gasteiger partial charge on any atom is -0.208 e. The molecule has 1 heterocycles. The summed E-state index contributed by atoms with van der Waals surface area (Å²) in [5.74, 6) is 1.98. The number of fused-ring (bicyclic) bond motifs is 4. The van der Waals surface area contributed by atoms with E-state index in [1.807, 2.05) is 24.3 Å². The predicted molar refractivity (Wildman–Crippen MR) is 228 cm³/mol.